The number of esters is 1. The van der Waals surface area contributed by atoms with Gasteiger partial charge in [-0.05, 0) is 44.2 Å². The minimum absolute atomic E-state index is 0.0616. The number of nitrogens with one attached hydrogen (secondary N) is 2. The summed E-state index contributed by atoms with van der Waals surface area (Å²) in [5.74, 6) is -1.15. The predicted octanol–water partition coefficient (Wildman–Crippen LogP) is 3.53. The molecule has 144 valence electrons. The van der Waals surface area contributed by atoms with E-state index in [9.17, 15) is 22.8 Å². The molecule has 1 aromatic carbocycles. The number of nitrogens with zero attached hydrogens (tertiary/aromatic N) is 1. The number of pyridine rings is 1. The van der Waals surface area contributed by atoms with Crippen molar-refractivity contribution in [1.29, 1.82) is 0 Å². The number of halogens is 3. The van der Waals surface area contributed by atoms with Gasteiger partial charge in [-0.25, -0.2) is 4.98 Å². The van der Waals surface area contributed by atoms with Gasteiger partial charge in [0, 0.05) is 11.9 Å². The van der Waals surface area contributed by atoms with Gasteiger partial charge in [-0.3, -0.25) is 9.59 Å². The normalized spacial score (nSPS) is 11.2. The molecule has 1 aromatic heterocycles. The third-order valence-electron chi connectivity index (χ3n) is 3.27. The minimum Gasteiger partial charge on any atom is -0.462 e. The fraction of sp³-hybridized carbons (Fsp3) is 0.278. The number of amides is 1. The Balaban J connectivity index is 2.14. The maximum Gasteiger partial charge on any atom is 0.416 e. The summed E-state index contributed by atoms with van der Waals surface area (Å²) in [4.78, 5) is 27.8. The summed E-state index contributed by atoms with van der Waals surface area (Å²) in [5, 5.41) is 5.09. The van der Waals surface area contributed by atoms with Crippen molar-refractivity contribution in [2.75, 3.05) is 11.9 Å². The van der Waals surface area contributed by atoms with Crippen LogP contribution in [0.25, 0.3) is 0 Å². The van der Waals surface area contributed by atoms with Crippen molar-refractivity contribution in [3.8, 4) is 0 Å². The largest absolute Gasteiger partial charge is 0.462 e. The molecule has 0 aliphatic rings. The van der Waals surface area contributed by atoms with Crippen LogP contribution >= 0.6 is 0 Å². The maximum atomic E-state index is 12.8. The van der Waals surface area contributed by atoms with E-state index in [0.29, 0.717) is 0 Å². The number of ether oxygens (including phenoxy) is 1. The van der Waals surface area contributed by atoms with Crippen molar-refractivity contribution in [2.24, 2.45) is 0 Å². The lowest BCUT2D eigenvalue weighted by Gasteiger charge is -2.13. The molecular weight excluding hydrogens is 363 g/mol. The highest BCUT2D eigenvalue weighted by Crippen LogP contribution is 2.31. The van der Waals surface area contributed by atoms with Crippen LogP contribution in [0, 0.1) is 0 Å². The van der Waals surface area contributed by atoms with Crippen molar-refractivity contribution in [1.82, 2.24) is 10.3 Å². The third kappa shape index (κ3) is 5.98. The minimum atomic E-state index is -4.49. The molecule has 9 heteroatoms. The van der Waals surface area contributed by atoms with E-state index in [-0.39, 0.29) is 29.7 Å². The molecule has 0 aliphatic carbocycles. The first-order valence-corrected chi connectivity index (χ1v) is 8.04. The summed E-state index contributed by atoms with van der Waals surface area (Å²) in [6, 6.07) is 7.46. The number of alkyl halides is 3. The average molecular weight is 381 g/mol. The molecule has 0 saturated heterocycles. The highest BCUT2D eigenvalue weighted by atomic mass is 19.4. The summed E-state index contributed by atoms with van der Waals surface area (Å²) >= 11 is 0. The Labute approximate surface area is 153 Å². The molecule has 6 nitrogen and oxygen atoms in total. The van der Waals surface area contributed by atoms with Gasteiger partial charge in [0.05, 0.1) is 17.2 Å². The van der Waals surface area contributed by atoms with Crippen molar-refractivity contribution in [3.63, 3.8) is 0 Å². The molecule has 0 fully saturated rings. The molecule has 0 aliphatic heterocycles. The van der Waals surface area contributed by atoms with Gasteiger partial charge < -0.3 is 15.4 Å². The Hall–Kier alpha value is -3.10. The third-order valence-corrected chi connectivity index (χ3v) is 3.27. The highest BCUT2D eigenvalue weighted by molar-refractivity contribution is 6.00. The van der Waals surface area contributed by atoms with E-state index in [0.717, 1.165) is 12.1 Å². The molecule has 27 heavy (non-hydrogen) atoms. The van der Waals surface area contributed by atoms with E-state index in [1.165, 1.54) is 30.5 Å². The molecule has 0 atom stereocenters. The number of hydrogen-bond donors (Lipinski definition) is 2. The van der Waals surface area contributed by atoms with E-state index in [4.69, 9.17) is 4.74 Å². The number of carbonyl (C=O) groups is 2. The fourth-order valence-electron chi connectivity index (χ4n) is 2.15. The quantitative estimate of drug-likeness (QED) is 0.749. The summed E-state index contributed by atoms with van der Waals surface area (Å²) in [7, 11) is 0. The summed E-state index contributed by atoms with van der Waals surface area (Å²) < 4.78 is 43.4. The summed E-state index contributed by atoms with van der Waals surface area (Å²) in [6.07, 6.45) is -3.41. The van der Waals surface area contributed by atoms with Crippen molar-refractivity contribution in [2.45, 2.75) is 26.1 Å². The van der Waals surface area contributed by atoms with E-state index < -0.39 is 23.6 Å². The SMILES string of the molecule is CC(C)OC(=O)CNC(=O)c1cccnc1Nc1cccc(C(F)(F)F)c1. The number of anilines is 2. The Morgan fingerprint density at radius 2 is 1.93 bits per heavy atom. The monoisotopic (exact) mass is 381 g/mol. The molecular formula is C18H18F3N3O3. The Kier molecular flexibility index (Phi) is 6.38. The van der Waals surface area contributed by atoms with E-state index >= 15 is 0 Å². The van der Waals surface area contributed by atoms with Crippen molar-refractivity contribution < 1.29 is 27.5 Å². The molecule has 2 rings (SSSR count). The van der Waals surface area contributed by atoms with Gasteiger partial charge >= 0.3 is 12.1 Å². The maximum absolute atomic E-state index is 12.8. The number of carbonyl (C=O) groups excluding carboxylic acids is 2. The lowest BCUT2D eigenvalue weighted by atomic mass is 10.2. The smallest absolute Gasteiger partial charge is 0.416 e. The van der Waals surface area contributed by atoms with Gasteiger partial charge in [-0.15, -0.1) is 0 Å². The molecule has 2 aromatic rings. The van der Waals surface area contributed by atoms with E-state index in [2.05, 4.69) is 15.6 Å². The van der Waals surface area contributed by atoms with Gasteiger partial charge in [0.15, 0.2) is 0 Å². The van der Waals surface area contributed by atoms with Crippen LogP contribution in [-0.4, -0.2) is 29.5 Å². The van der Waals surface area contributed by atoms with Gasteiger partial charge in [0.25, 0.3) is 5.91 Å². The van der Waals surface area contributed by atoms with Crippen LogP contribution in [0.2, 0.25) is 0 Å². The van der Waals surface area contributed by atoms with Crippen LogP contribution in [0.15, 0.2) is 42.6 Å². The van der Waals surface area contributed by atoms with E-state index in [1.54, 1.807) is 13.8 Å². The Morgan fingerprint density at radius 3 is 2.59 bits per heavy atom. The Morgan fingerprint density at radius 1 is 1.19 bits per heavy atom. The number of hydrogen-bond acceptors (Lipinski definition) is 5. The van der Waals surface area contributed by atoms with Gasteiger partial charge in [-0.2, -0.15) is 13.2 Å². The molecule has 1 heterocycles. The highest BCUT2D eigenvalue weighted by Gasteiger charge is 2.30. The van der Waals surface area contributed by atoms with Crippen LogP contribution in [0.4, 0.5) is 24.7 Å². The molecule has 2 N–H and O–H groups in total. The standard InChI is InChI=1S/C18H18F3N3O3/c1-11(2)27-15(25)10-23-17(26)14-7-4-8-22-16(14)24-13-6-3-5-12(9-13)18(19,20)21/h3-9,11H,10H2,1-2H3,(H,22,24)(H,23,26). The molecule has 0 radical (unpaired) electrons. The van der Waals surface area contributed by atoms with Crippen molar-refractivity contribution in [3.05, 3.63) is 53.7 Å². The molecule has 1 amide bonds. The zero-order chi connectivity index (χ0) is 20.0. The number of aromatic nitrogens is 1. The van der Waals surface area contributed by atoms with Gasteiger partial charge in [-0.1, -0.05) is 6.07 Å². The van der Waals surface area contributed by atoms with Crippen molar-refractivity contribution >= 4 is 23.4 Å². The topological polar surface area (TPSA) is 80.3 Å². The molecule has 0 bridgehead atoms. The molecule has 0 unspecified atom stereocenters. The average Bonchev–Trinajstić information content (AvgIpc) is 2.59. The first-order chi connectivity index (χ1) is 12.7. The lowest BCUT2D eigenvalue weighted by molar-refractivity contribution is -0.146. The zero-order valence-corrected chi connectivity index (χ0v) is 14.6. The van der Waals surface area contributed by atoms with Crippen LogP contribution < -0.4 is 10.6 Å². The first-order valence-electron chi connectivity index (χ1n) is 8.04. The van der Waals surface area contributed by atoms with Crippen LogP contribution in [0.1, 0.15) is 29.8 Å². The Bertz CT molecular complexity index is 823. The lowest BCUT2D eigenvalue weighted by Crippen LogP contribution is -2.32. The van der Waals surface area contributed by atoms with E-state index in [1.807, 2.05) is 0 Å². The fourth-order valence-corrected chi connectivity index (χ4v) is 2.15. The predicted molar refractivity (Wildman–Crippen MR) is 92.5 cm³/mol. The van der Waals surface area contributed by atoms with Crippen LogP contribution in [0.5, 0.6) is 0 Å². The van der Waals surface area contributed by atoms with Gasteiger partial charge in [0.1, 0.15) is 12.4 Å². The molecule has 0 saturated carbocycles. The van der Waals surface area contributed by atoms with Crippen LogP contribution in [0.3, 0.4) is 0 Å². The molecule has 0 spiro atoms. The zero-order valence-electron chi connectivity index (χ0n) is 14.6. The first kappa shape index (κ1) is 20.2. The van der Waals surface area contributed by atoms with Gasteiger partial charge in [0.2, 0.25) is 0 Å². The second kappa shape index (κ2) is 8.52. The second-order valence-corrected chi connectivity index (χ2v) is 5.82. The number of benzene rings is 1. The second-order valence-electron chi connectivity index (χ2n) is 5.82. The summed E-state index contributed by atoms with van der Waals surface area (Å²) in [5.41, 5.74) is -0.630. The number of rotatable bonds is 6. The van der Waals surface area contributed by atoms with Crippen LogP contribution in [-0.2, 0) is 15.7 Å². The summed E-state index contributed by atoms with van der Waals surface area (Å²) in [6.45, 7) is 3.02.